The quantitative estimate of drug-likeness (QED) is 0.118. The van der Waals surface area contributed by atoms with Gasteiger partial charge in [0.25, 0.3) is 11.8 Å². The minimum absolute atomic E-state index is 0.0529. The summed E-state index contributed by atoms with van der Waals surface area (Å²) < 4.78 is 11.6. The predicted molar refractivity (Wildman–Crippen MR) is 194 cm³/mol. The zero-order valence-corrected chi connectivity index (χ0v) is 30.6. The summed E-state index contributed by atoms with van der Waals surface area (Å²) in [6.07, 6.45) is 12.4. The molecule has 1 aromatic carbocycles. The Hall–Kier alpha value is -4.52. The summed E-state index contributed by atoms with van der Waals surface area (Å²) in [7, 11) is 0. The molecule has 2 aliphatic carbocycles. The molecule has 13 nitrogen and oxygen atoms in total. The minimum Gasteiger partial charge on any atom is -0.462 e. The Kier molecular flexibility index (Phi) is 12.3. The van der Waals surface area contributed by atoms with E-state index in [-0.39, 0.29) is 72.2 Å². The number of anilines is 1. The number of piperidine rings is 1. The maximum Gasteiger partial charge on any atom is 0.407 e. The largest absolute Gasteiger partial charge is 0.462 e. The van der Waals surface area contributed by atoms with Crippen molar-refractivity contribution < 1.29 is 43.3 Å². The summed E-state index contributed by atoms with van der Waals surface area (Å²) in [5, 5.41) is 18.5. The van der Waals surface area contributed by atoms with E-state index in [1.165, 1.54) is 5.57 Å². The fraction of sp³-hybridized carbons (Fsp3) is 0.600. The lowest BCUT2D eigenvalue weighted by atomic mass is 9.65. The molecule has 1 unspecified atom stereocenters. The number of unbranched alkanes of at least 4 members (excludes halogenated alkanes) is 4. The van der Waals surface area contributed by atoms with Crippen molar-refractivity contribution in [3.63, 3.8) is 0 Å². The molecule has 0 radical (unpaired) electrons. The average Bonchev–Trinajstić information content (AvgIpc) is 3.36. The Morgan fingerprint density at radius 3 is 2.55 bits per heavy atom. The van der Waals surface area contributed by atoms with Crippen LogP contribution in [-0.2, 0) is 23.9 Å². The Balaban J connectivity index is 0.900. The Morgan fingerprint density at radius 1 is 1.00 bits per heavy atom. The van der Waals surface area contributed by atoms with E-state index in [0.717, 1.165) is 49.8 Å². The maximum absolute atomic E-state index is 13.3. The number of nitrogens with zero attached hydrogens (tertiary/aromatic N) is 1. The number of fused-ring (bicyclic) bond motifs is 2. The highest BCUT2D eigenvalue weighted by molar-refractivity contribution is 6.25. The van der Waals surface area contributed by atoms with Crippen LogP contribution in [-0.4, -0.2) is 83.1 Å². The molecule has 8 atom stereocenters. The van der Waals surface area contributed by atoms with E-state index in [9.17, 15) is 33.9 Å². The first kappa shape index (κ1) is 38.2. The van der Waals surface area contributed by atoms with Gasteiger partial charge in [-0.15, -0.1) is 0 Å². The van der Waals surface area contributed by atoms with Crippen LogP contribution in [0.3, 0.4) is 0 Å². The number of cyclic esters (lactones) is 1. The van der Waals surface area contributed by atoms with Crippen molar-refractivity contribution in [2.45, 2.75) is 115 Å². The molecule has 13 heteroatoms. The fourth-order valence-electron chi connectivity index (χ4n) is 8.67. The summed E-state index contributed by atoms with van der Waals surface area (Å²) >= 11 is 0. The van der Waals surface area contributed by atoms with Gasteiger partial charge in [-0.2, -0.15) is 0 Å². The lowest BCUT2D eigenvalue weighted by Gasteiger charge is -2.43. The topological polar surface area (TPSA) is 180 Å². The van der Waals surface area contributed by atoms with E-state index >= 15 is 0 Å². The fourth-order valence-corrected chi connectivity index (χ4v) is 8.67. The summed E-state index contributed by atoms with van der Waals surface area (Å²) in [6.45, 7) is 5.43. The molecule has 0 bridgehead atoms. The van der Waals surface area contributed by atoms with E-state index in [2.05, 4.69) is 48.0 Å². The van der Waals surface area contributed by atoms with Gasteiger partial charge in [-0.3, -0.25) is 34.2 Å². The first-order chi connectivity index (χ1) is 25.5. The van der Waals surface area contributed by atoms with Crippen LogP contribution < -0.4 is 16.0 Å². The van der Waals surface area contributed by atoms with E-state index in [4.69, 9.17) is 9.47 Å². The second-order valence-corrected chi connectivity index (χ2v) is 15.3. The highest BCUT2D eigenvalue weighted by atomic mass is 16.6. The smallest absolute Gasteiger partial charge is 0.407 e. The van der Waals surface area contributed by atoms with Crippen molar-refractivity contribution in [1.82, 2.24) is 15.5 Å². The third kappa shape index (κ3) is 9.00. The number of hydrogen-bond donors (Lipinski definition) is 4. The van der Waals surface area contributed by atoms with Crippen LogP contribution in [0.2, 0.25) is 0 Å². The van der Waals surface area contributed by atoms with Crippen molar-refractivity contribution in [2.75, 3.05) is 18.4 Å². The van der Waals surface area contributed by atoms with Gasteiger partial charge >= 0.3 is 12.1 Å². The van der Waals surface area contributed by atoms with Crippen molar-refractivity contribution >= 4 is 41.4 Å². The molecule has 5 aliphatic rings. The van der Waals surface area contributed by atoms with Gasteiger partial charge in [-0.25, -0.2) is 4.79 Å². The maximum atomic E-state index is 13.3. The molecule has 0 aromatic heterocycles. The second kappa shape index (κ2) is 17.1. The number of imide groups is 2. The SMILES string of the molecule is C[C@H]1C=C2C=C[C@H](C)[C@H](CC[C@@H]3C[C@@H](O)CC(=O)O3)[C@H]2[C@@H](OC(=O)NCCCCCCCNc2cccc3c2C(=O)N(C2CCC(=O)NC2=O)C3=O)C1. The lowest BCUT2D eigenvalue weighted by Crippen LogP contribution is -2.54. The molecule has 0 saturated carbocycles. The zero-order valence-electron chi connectivity index (χ0n) is 30.6. The number of aliphatic hydroxyl groups excluding tert-OH is 1. The molecule has 1 aromatic rings. The molecule has 3 heterocycles. The Bertz CT molecular complexity index is 1660. The van der Waals surface area contributed by atoms with Crippen LogP contribution in [0.15, 0.2) is 42.0 Å². The third-order valence-electron chi connectivity index (χ3n) is 11.3. The summed E-state index contributed by atoms with van der Waals surface area (Å²) in [5.41, 5.74) is 2.26. The summed E-state index contributed by atoms with van der Waals surface area (Å²) in [4.78, 5) is 76.2. The number of nitrogens with one attached hydrogen (secondary N) is 3. The number of carbonyl (C=O) groups excluding carboxylic acids is 6. The molecule has 3 aliphatic heterocycles. The van der Waals surface area contributed by atoms with Crippen LogP contribution in [0.1, 0.15) is 112 Å². The molecule has 5 amide bonds. The molecular weight excluding hydrogens is 680 g/mol. The standard InChI is InChI=1S/C40H52N4O9/c1-23-19-25-12-11-24(2)28(14-13-27-21-26(45)22-34(47)52-27)35(25)32(20-23)53-40(51)42-18-7-5-3-4-6-17-41-30-10-8-9-29-36(30)39(50)44(38(29)49)31-15-16-33(46)43-37(31)48/h8-12,19,23-24,26-28,31-32,35,41,45H,3-7,13-18,20-22H2,1-2H3,(H,42,51)(H,43,46,48)/t23-,24-,26+,27+,28-,31?,32-,35-/m0/s1. The first-order valence-corrected chi connectivity index (χ1v) is 19.3. The van der Waals surface area contributed by atoms with Gasteiger partial charge in [0.15, 0.2) is 0 Å². The van der Waals surface area contributed by atoms with Crippen LogP contribution in [0, 0.1) is 23.7 Å². The van der Waals surface area contributed by atoms with Gasteiger partial charge in [0, 0.05) is 37.5 Å². The van der Waals surface area contributed by atoms with E-state index in [0.29, 0.717) is 31.6 Å². The average molecular weight is 733 g/mol. The van der Waals surface area contributed by atoms with E-state index < -0.39 is 41.9 Å². The Morgan fingerprint density at radius 2 is 1.77 bits per heavy atom. The molecule has 4 N–H and O–H groups in total. The molecule has 2 fully saturated rings. The number of carbonyl (C=O) groups is 6. The number of aliphatic hydroxyl groups is 1. The van der Waals surface area contributed by atoms with Crippen LogP contribution in [0.5, 0.6) is 0 Å². The van der Waals surface area contributed by atoms with Gasteiger partial charge in [0.2, 0.25) is 11.8 Å². The van der Waals surface area contributed by atoms with Crippen molar-refractivity contribution in [3.05, 3.63) is 53.1 Å². The van der Waals surface area contributed by atoms with Gasteiger partial charge in [-0.05, 0) is 74.0 Å². The van der Waals surface area contributed by atoms with E-state index in [1.54, 1.807) is 18.2 Å². The number of ether oxygens (including phenoxy) is 2. The van der Waals surface area contributed by atoms with Gasteiger partial charge in [-0.1, -0.05) is 57.4 Å². The molecule has 6 rings (SSSR count). The molecule has 286 valence electrons. The van der Waals surface area contributed by atoms with Crippen molar-refractivity contribution in [1.29, 1.82) is 0 Å². The van der Waals surface area contributed by atoms with Crippen LogP contribution >= 0.6 is 0 Å². The molecule has 53 heavy (non-hydrogen) atoms. The summed E-state index contributed by atoms with van der Waals surface area (Å²) in [5.74, 6) is -1.60. The number of rotatable bonds is 14. The normalized spacial score (nSPS) is 29.5. The number of allylic oxidation sites excluding steroid dienone is 3. The third-order valence-corrected chi connectivity index (χ3v) is 11.3. The van der Waals surface area contributed by atoms with Gasteiger partial charge in [0.05, 0.1) is 23.7 Å². The van der Waals surface area contributed by atoms with Crippen LogP contribution in [0.4, 0.5) is 10.5 Å². The number of alkyl carbamates (subject to hydrolysis) is 1. The van der Waals surface area contributed by atoms with E-state index in [1.807, 2.05) is 0 Å². The molecule has 0 spiro atoms. The second-order valence-electron chi connectivity index (χ2n) is 15.3. The number of hydrogen-bond acceptors (Lipinski definition) is 10. The highest BCUT2D eigenvalue weighted by Crippen LogP contribution is 2.45. The highest BCUT2D eigenvalue weighted by Gasteiger charge is 2.46. The minimum atomic E-state index is -1.00. The zero-order chi connectivity index (χ0) is 37.6. The number of esters is 1. The van der Waals surface area contributed by atoms with Gasteiger partial charge in [0.1, 0.15) is 18.2 Å². The first-order valence-electron chi connectivity index (χ1n) is 19.3. The monoisotopic (exact) mass is 732 g/mol. The Labute approximate surface area is 310 Å². The van der Waals surface area contributed by atoms with Crippen molar-refractivity contribution in [2.24, 2.45) is 23.7 Å². The van der Waals surface area contributed by atoms with Crippen LogP contribution in [0.25, 0.3) is 0 Å². The lowest BCUT2D eigenvalue weighted by molar-refractivity contribution is -0.160. The number of amides is 5. The predicted octanol–water partition coefficient (Wildman–Crippen LogP) is 4.80. The number of benzene rings is 1. The molecule has 2 saturated heterocycles. The summed E-state index contributed by atoms with van der Waals surface area (Å²) in [6, 6.07) is 4.04. The van der Waals surface area contributed by atoms with Crippen molar-refractivity contribution in [3.8, 4) is 0 Å². The van der Waals surface area contributed by atoms with Gasteiger partial charge < -0.3 is 25.2 Å². The molecular formula is C40H52N4O9.